The Hall–Kier alpha value is -1.78. The van der Waals surface area contributed by atoms with Gasteiger partial charge in [0.15, 0.2) is 0 Å². The maximum atomic E-state index is 4.38. The van der Waals surface area contributed by atoms with Crippen molar-refractivity contribution in [2.75, 3.05) is 0 Å². The molecule has 0 saturated carbocycles. The molecule has 1 aromatic carbocycles. The number of aromatic nitrogens is 2. The Morgan fingerprint density at radius 1 is 0.591 bits per heavy atom. The fourth-order valence-corrected chi connectivity index (χ4v) is 4.03. The number of benzene rings is 1. The first kappa shape index (κ1) is 15.1. The quantitative estimate of drug-likeness (QED) is 0.592. The first-order chi connectivity index (χ1) is 10.9. The summed E-state index contributed by atoms with van der Waals surface area (Å²) >= 11 is 3.66. The second-order valence-electron chi connectivity index (χ2n) is 4.67. The molecule has 3 aromatic rings. The van der Waals surface area contributed by atoms with Gasteiger partial charge in [-0.15, -0.1) is 23.5 Å². The van der Waals surface area contributed by atoms with E-state index in [-0.39, 0.29) is 0 Å². The third-order valence-electron chi connectivity index (χ3n) is 3.05. The van der Waals surface area contributed by atoms with Crippen molar-refractivity contribution < 1.29 is 0 Å². The lowest BCUT2D eigenvalue weighted by molar-refractivity contribution is 1.15. The molecule has 3 rings (SSSR count). The van der Waals surface area contributed by atoms with Crippen LogP contribution in [-0.4, -0.2) is 9.97 Å². The van der Waals surface area contributed by atoms with E-state index in [1.807, 2.05) is 60.2 Å². The van der Waals surface area contributed by atoms with Crippen molar-refractivity contribution in [1.29, 1.82) is 0 Å². The number of hydrogen-bond acceptors (Lipinski definition) is 4. The molecule has 0 N–H and O–H groups in total. The van der Waals surface area contributed by atoms with Crippen LogP contribution in [0.3, 0.4) is 0 Å². The molecule has 2 nitrogen and oxygen atoms in total. The van der Waals surface area contributed by atoms with Gasteiger partial charge in [-0.05, 0) is 36.4 Å². The second kappa shape index (κ2) is 8.01. The van der Waals surface area contributed by atoms with Gasteiger partial charge >= 0.3 is 0 Å². The van der Waals surface area contributed by atoms with Gasteiger partial charge in [0.05, 0.1) is 11.4 Å². The van der Waals surface area contributed by atoms with Crippen LogP contribution >= 0.6 is 23.5 Å². The molecule has 0 saturated heterocycles. The van der Waals surface area contributed by atoms with E-state index in [0.29, 0.717) is 0 Å². The minimum Gasteiger partial charge on any atom is -0.260 e. The predicted molar refractivity (Wildman–Crippen MR) is 94.0 cm³/mol. The molecule has 0 aliphatic carbocycles. The topological polar surface area (TPSA) is 25.8 Å². The van der Waals surface area contributed by atoms with E-state index in [9.17, 15) is 0 Å². The van der Waals surface area contributed by atoms with Gasteiger partial charge in [-0.2, -0.15) is 0 Å². The van der Waals surface area contributed by atoms with E-state index in [1.54, 1.807) is 0 Å². The summed E-state index contributed by atoms with van der Waals surface area (Å²) < 4.78 is 0. The molecule has 0 amide bonds. The van der Waals surface area contributed by atoms with Crippen LogP contribution < -0.4 is 0 Å². The maximum absolute atomic E-state index is 4.38. The van der Waals surface area contributed by atoms with Crippen LogP contribution in [0.2, 0.25) is 0 Å². The first-order valence-electron chi connectivity index (χ1n) is 7.06. The third kappa shape index (κ3) is 4.36. The van der Waals surface area contributed by atoms with Gasteiger partial charge in [-0.3, -0.25) is 9.97 Å². The van der Waals surface area contributed by atoms with Crippen LogP contribution in [0.1, 0.15) is 11.4 Å². The zero-order valence-electron chi connectivity index (χ0n) is 12.1. The Labute approximate surface area is 139 Å². The van der Waals surface area contributed by atoms with Crippen LogP contribution in [0.5, 0.6) is 0 Å². The summed E-state index contributed by atoms with van der Waals surface area (Å²) in [5.41, 5.74) is 2.22. The number of pyridine rings is 2. The highest BCUT2D eigenvalue weighted by Crippen LogP contribution is 2.33. The average molecular weight is 324 g/mol. The van der Waals surface area contributed by atoms with E-state index in [0.717, 1.165) is 22.9 Å². The Bertz CT molecular complexity index is 640. The number of thioether (sulfide) groups is 2. The highest BCUT2D eigenvalue weighted by atomic mass is 32.2. The third-order valence-corrected chi connectivity index (χ3v) is 5.40. The fourth-order valence-electron chi connectivity index (χ4n) is 1.96. The lowest BCUT2D eigenvalue weighted by atomic mass is 10.4. The SMILES string of the molecule is c1ccc(CSc2ccccc2SCc2ccccn2)nc1. The second-order valence-corrected chi connectivity index (χ2v) is 6.70. The summed E-state index contributed by atoms with van der Waals surface area (Å²) in [6.45, 7) is 0. The van der Waals surface area contributed by atoms with E-state index < -0.39 is 0 Å². The molecule has 22 heavy (non-hydrogen) atoms. The zero-order chi connectivity index (χ0) is 15.0. The normalized spacial score (nSPS) is 10.5. The van der Waals surface area contributed by atoms with Crippen LogP contribution in [0.15, 0.2) is 82.8 Å². The number of nitrogens with zero attached hydrogens (tertiary/aromatic N) is 2. The molecule has 4 heteroatoms. The highest BCUT2D eigenvalue weighted by Gasteiger charge is 2.05. The van der Waals surface area contributed by atoms with Crippen LogP contribution in [0.25, 0.3) is 0 Å². The molecule has 0 aliphatic heterocycles. The Kier molecular flexibility index (Phi) is 5.51. The molecule has 0 atom stereocenters. The molecule has 2 heterocycles. The van der Waals surface area contributed by atoms with Crippen molar-refractivity contribution in [3.63, 3.8) is 0 Å². The van der Waals surface area contributed by atoms with Gasteiger partial charge in [0.25, 0.3) is 0 Å². The smallest absolute Gasteiger partial charge is 0.0506 e. The van der Waals surface area contributed by atoms with Gasteiger partial charge in [0, 0.05) is 33.7 Å². The molecular formula is C18H16N2S2. The maximum Gasteiger partial charge on any atom is 0.0506 e. The van der Waals surface area contributed by atoms with Gasteiger partial charge < -0.3 is 0 Å². The molecular weight excluding hydrogens is 308 g/mol. The molecule has 0 spiro atoms. The largest absolute Gasteiger partial charge is 0.260 e. The van der Waals surface area contributed by atoms with Crippen molar-refractivity contribution in [1.82, 2.24) is 9.97 Å². The van der Waals surface area contributed by atoms with Crippen molar-refractivity contribution >= 4 is 23.5 Å². The molecule has 0 aliphatic rings. The molecule has 0 fully saturated rings. The van der Waals surface area contributed by atoms with Gasteiger partial charge in [-0.25, -0.2) is 0 Å². The van der Waals surface area contributed by atoms with Gasteiger partial charge in [0.1, 0.15) is 0 Å². The predicted octanol–water partition coefficient (Wildman–Crippen LogP) is 5.06. The Balaban J connectivity index is 1.65. The van der Waals surface area contributed by atoms with E-state index in [1.165, 1.54) is 9.79 Å². The van der Waals surface area contributed by atoms with Gasteiger partial charge in [-0.1, -0.05) is 24.3 Å². The van der Waals surface area contributed by atoms with E-state index in [4.69, 9.17) is 0 Å². The molecule has 110 valence electrons. The lowest BCUT2D eigenvalue weighted by Gasteiger charge is -2.08. The van der Waals surface area contributed by atoms with Crippen LogP contribution in [0.4, 0.5) is 0 Å². The number of hydrogen-bond donors (Lipinski definition) is 0. The first-order valence-corrected chi connectivity index (χ1v) is 9.03. The summed E-state index contributed by atoms with van der Waals surface area (Å²) in [4.78, 5) is 11.4. The summed E-state index contributed by atoms with van der Waals surface area (Å²) in [6, 6.07) is 20.6. The molecule has 0 radical (unpaired) electrons. The standard InChI is InChI=1S/C18H16N2S2/c1-2-10-18(22-14-16-8-4-6-12-20-16)17(9-1)21-13-15-7-3-5-11-19-15/h1-12H,13-14H2. The molecule has 0 unspecified atom stereocenters. The van der Waals surface area contributed by atoms with Crippen LogP contribution in [0, 0.1) is 0 Å². The summed E-state index contributed by atoms with van der Waals surface area (Å²) in [7, 11) is 0. The lowest BCUT2D eigenvalue weighted by Crippen LogP contribution is -1.87. The van der Waals surface area contributed by atoms with Gasteiger partial charge in [0.2, 0.25) is 0 Å². The van der Waals surface area contributed by atoms with Crippen molar-refractivity contribution in [2.24, 2.45) is 0 Å². The van der Waals surface area contributed by atoms with E-state index >= 15 is 0 Å². The Morgan fingerprint density at radius 3 is 1.45 bits per heavy atom. The molecule has 0 bridgehead atoms. The minimum atomic E-state index is 0.891. The molecule has 2 aromatic heterocycles. The summed E-state index contributed by atoms with van der Waals surface area (Å²) in [6.07, 6.45) is 3.69. The highest BCUT2D eigenvalue weighted by molar-refractivity contribution is 8.01. The van der Waals surface area contributed by atoms with Crippen LogP contribution in [-0.2, 0) is 11.5 Å². The van der Waals surface area contributed by atoms with Crippen molar-refractivity contribution in [2.45, 2.75) is 21.3 Å². The minimum absolute atomic E-state index is 0.891. The van der Waals surface area contributed by atoms with Crippen molar-refractivity contribution in [3.8, 4) is 0 Å². The summed E-state index contributed by atoms with van der Waals surface area (Å²) in [5.74, 6) is 1.78. The summed E-state index contributed by atoms with van der Waals surface area (Å²) in [5, 5.41) is 0. The average Bonchev–Trinajstić information content (AvgIpc) is 2.61. The zero-order valence-corrected chi connectivity index (χ0v) is 13.7. The van der Waals surface area contributed by atoms with E-state index in [2.05, 4.69) is 46.4 Å². The Morgan fingerprint density at radius 2 is 1.05 bits per heavy atom. The van der Waals surface area contributed by atoms with Crippen molar-refractivity contribution in [3.05, 3.63) is 84.4 Å². The monoisotopic (exact) mass is 324 g/mol. The number of rotatable bonds is 6. The fraction of sp³-hybridized carbons (Fsp3) is 0.111.